The molecule has 5 nitrogen and oxygen atoms in total. The van der Waals surface area contributed by atoms with Gasteiger partial charge in [-0.1, -0.05) is 0 Å². The second-order valence-electron chi connectivity index (χ2n) is 4.72. The molecular weight excluding hydrogens is 208 g/mol. The molecule has 1 atom stereocenters. The lowest BCUT2D eigenvalue weighted by molar-refractivity contribution is -0.131. The number of nitrogens with one attached hydrogen (secondary N) is 1. The first-order valence-electron chi connectivity index (χ1n) is 5.42. The summed E-state index contributed by atoms with van der Waals surface area (Å²) >= 11 is 0. The molecule has 0 heterocycles. The van der Waals surface area contributed by atoms with Gasteiger partial charge in [-0.2, -0.15) is 0 Å². The molecule has 0 radical (unpaired) electrons. The van der Waals surface area contributed by atoms with Crippen molar-refractivity contribution in [3.05, 3.63) is 0 Å². The van der Waals surface area contributed by atoms with E-state index in [9.17, 15) is 9.59 Å². The minimum absolute atomic E-state index is 0.131. The summed E-state index contributed by atoms with van der Waals surface area (Å²) in [7, 11) is 1.69. The summed E-state index contributed by atoms with van der Waals surface area (Å²) in [5.74, 6) is -0.131. The zero-order valence-electron chi connectivity index (χ0n) is 11.0. The third-order valence-electron chi connectivity index (χ3n) is 1.95. The van der Waals surface area contributed by atoms with Crippen LogP contribution in [0.5, 0.6) is 0 Å². The van der Waals surface area contributed by atoms with E-state index in [-0.39, 0.29) is 5.91 Å². The molecule has 0 aromatic carbocycles. The standard InChI is InChI=1S/C11H22N2O3/c1-7-13(6)9(14)8(2)12-10(15)16-11(3,4)5/h8H,7H2,1-6H3,(H,12,15). The van der Waals surface area contributed by atoms with Crippen LogP contribution in [0.4, 0.5) is 4.79 Å². The van der Waals surface area contributed by atoms with Gasteiger partial charge in [0.2, 0.25) is 5.91 Å². The highest BCUT2D eigenvalue weighted by Gasteiger charge is 2.22. The molecule has 94 valence electrons. The molecule has 0 aromatic heterocycles. The minimum atomic E-state index is -0.571. The van der Waals surface area contributed by atoms with Gasteiger partial charge in [-0.05, 0) is 34.6 Å². The molecule has 0 rings (SSSR count). The second-order valence-corrected chi connectivity index (χ2v) is 4.72. The van der Waals surface area contributed by atoms with E-state index in [2.05, 4.69) is 5.32 Å². The highest BCUT2D eigenvalue weighted by Crippen LogP contribution is 2.06. The molecule has 5 heteroatoms. The molecule has 0 saturated carbocycles. The van der Waals surface area contributed by atoms with E-state index >= 15 is 0 Å². The van der Waals surface area contributed by atoms with Crippen LogP contribution in [0.1, 0.15) is 34.6 Å². The first kappa shape index (κ1) is 14.7. The molecule has 0 saturated heterocycles. The van der Waals surface area contributed by atoms with Crippen molar-refractivity contribution < 1.29 is 14.3 Å². The van der Waals surface area contributed by atoms with Crippen LogP contribution in [0.15, 0.2) is 0 Å². The van der Waals surface area contributed by atoms with Crippen LogP contribution < -0.4 is 5.32 Å². The summed E-state index contributed by atoms with van der Waals surface area (Å²) in [6, 6.07) is -0.570. The van der Waals surface area contributed by atoms with Gasteiger partial charge in [0.05, 0.1) is 0 Å². The third-order valence-corrected chi connectivity index (χ3v) is 1.95. The van der Waals surface area contributed by atoms with Crippen LogP contribution in [0.25, 0.3) is 0 Å². The van der Waals surface area contributed by atoms with Crippen LogP contribution in [0, 0.1) is 0 Å². The average Bonchev–Trinajstić information content (AvgIpc) is 2.12. The van der Waals surface area contributed by atoms with E-state index in [1.54, 1.807) is 39.6 Å². The largest absolute Gasteiger partial charge is 0.444 e. The summed E-state index contributed by atoms with van der Waals surface area (Å²) in [4.78, 5) is 24.6. The maximum absolute atomic E-state index is 11.6. The minimum Gasteiger partial charge on any atom is -0.444 e. The molecule has 16 heavy (non-hydrogen) atoms. The van der Waals surface area contributed by atoms with Gasteiger partial charge in [0.15, 0.2) is 0 Å². The van der Waals surface area contributed by atoms with Gasteiger partial charge in [-0.25, -0.2) is 4.79 Å². The smallest absolute Gasteiger partial charge is 0.408 e. The maximum Gasteiger partial charge on any atom is 0.408 e. The van der Waals surface area contributed by atoms with Gasteiger partial charge in [0.25, 0.3) is 0 Å². The van der Waals surface area contributed by atoms with Gasteiger partial charge in [-0.15, -0.1) is 0 Å². The number of rotatable bonds is 3. The Labute approximate surface area is 97.1 Å². The number of carbonyl (C=O) groups excluding carboxylic acids is 2. The molecule has 0 aliphatic rings. The Morgan fingerprint density at radius 3 is 2.25 bits per heavy atom. The normalized spacial score (nSPS) is 12.9. The Kier molecular flexibility index (Phi) is 5.27. The predicted octanol–water partition coefficient (Wildman–Crippen LogP) is 1.38. The number of hydrogen-bond acceptors (Lipinski definition) is 3. The van der Waals surface area contributed by atoms with Gasteiger partial charge >= 0.3 is 6.09 Å². The summed E-state index contributed by atoms with van der Waals surface area (Å²) in [5.41, 5.74) is -0.552. The molecule has 0 bridgehead atoms. The SMILES string of the molecule is CCN(C)C(=O)C(C)NC(=O)OC(C)(C)C. The van der Waals surface area contributed by atoms with Crippen molar-refractivity contribution in [1.82, 2.24) is 10.2 Å². The maximum atomic E-state index is 11.6. The highest BCUT2D eigenvalue weighted by molar-refractivity contribution is 5.85. The van der Waals surface area contributed by atoms with Gasteiger partial charge in [0, 0.05) is 13.6 Å². The lowest BCUT2D eigenvalue weighted by Gasteiger charge is -2.23. The number of amides is 2. The van der Waals surface area contributed by atoms with Crippen molar-refractivity contribution in [2.45, 2.75) is 46.3 Å². The third kappa shape index (κ3) is 5.58. The Balaban J connectivity index is 4.20. The van der Waals surface area contributed by atoms with Crippen molar-refractivity contribution in [2.24, 2.45) is 0 Å². The van der Waals surface area contributed by atoms with Crippen molar-refractivity contribution in [3.8, 4) is 0 Å². The highest BCUT2D eigenvalue weighted by atomic mass is 16.6. The van der Waals surface area contributed by atoms with Crippen LogP contribution in [0.3, 0.4) is 0 Å². The fourth-order valence-corrected chi connectivity index (χ4v) is 1.03. The van der Waals surface area contributed by atoms with E-state index in [1.165, 1.54) is 0 Å². The van der Waals surface area contributed by atoms with Crippen LogP contribution >= 0.6 is 0 Å². The summed E-state index contributed by atoms with van der Waals surface area (Å²) in [6.07, 6.45) is -0.571. The molecule has 1 N–H and O–H groups in total. The molecule has 0 aromatic rings. The van der Waals surface area contributed by atoms with E-state index < -0.39 is 17.7 Å². The lowest BCUT2D eigenvalue weighted by Crippen LogP contribution is -2.46. The number of ether oxygens (including phenoxy) is 1. The van der Waals surface area contributed by atoms with Crippen LogP contribution in [-0.4, -0.2) is 42.1 Å². The molecule has 0 aliphatic carbocycles. The quantitative estimate of drug-likeness (QED) is 0.796. The fourth-order valence-electron chi connectivity index (χ4n) is 1.03. The number of carbonyl (C=O) groups is 2. The zero-order chi connectivity index (χ0) is 12.9. The second kappa shape index (κ2) is 5.72. The average molecular weight is 230 g/mol. The van der Waals surface area contributed by atoms with Crippen molar-refractivity contribution in [3.63, 3.8) is 0 Å². The Hall–Kier alpha value is -1.26. The Bertz CT molecular complexity index is 258. The number of alkyl carbamates (subject to hydrolysis) is 1. The molecule has 0 spiro atoms. The Morgan fingerprint density at radius 2 is 1.88 bits per heavy atom. The van der Waals surface area contributed by atoms with Crippen molar-refractivity contribution in [1.29, 1.82) is 0 Å². The summed E-state index contributed by atoms with van der Waals surface area (Å²) < 4.78 is 5.05. The zero-order valence-corrected chi connectivity index (χ0v) is 11.0. The Morgan fingerprint density at radius 1 is 1.38 bits per heavy atom. The first-order valence-corrected chi connectivity index (χ1v) is 5.42. The topological polar surface area (TPSA) is 58.6 Å². The number of likely N-dealkylation sites (N-methyl/N-ethyl adjacent to an activating group) is 1. The van der Waals surface area contributed by atoms with E-state index in [1.807, 2.05) is 6.92 Å². The lowest BCUT2D eigenvalue weighted by atomic mass is 10.2. The van der Waals surface area contributed by atoms with Crippen molar-refractivity contribution >= 4 is 12.0 Å². The van der Waals surface area contributed by atoms with Crippen LogP contribution in [0.2, 0.25) is 0 Å². The predicted molar refractivity (Wildman–Crippen MR) is 62.1 cm³/mol. The summed E-state index contributed by atoms with van der Waals surface area (Å²) in [6.45, 7) is 9.45. The van der Waals surface area contributed by atoms with E-state index in [0.717, 1.165) is 0 Å². The molecule has 0 aliphatic heterocycles. The molecule has 2 amide bonds. The number of nitrogens with zero attached hydrogens (tertiary/aromatic N) is 1. The van der Waals surface area contributed by atoms with Gasteiger partial charge < -0.3 is 15.0 Å². The van der Waals surface area contributed by atoms with E-state index in [0.29, 0.717) is 6.54 Å². The fraction of sp³-hybridized carbons (Fsp3) is 0.818. The first-order chi connectivity index (χ1) is 7.17. The van der Waals surface area contributed by atoms with Gasteiger partial charge in [0.1, 0.15) is 11.6 Å². The molecule has 0 fully saturated rings. The van der Waals surface area contributed by atoms with Crippen LogP contribution in [-0.2, 0) is 9.53 Å². The van der Waals surface area contributed by atoms with Crippen molar-refractivity contribution in [2.75, 3.05) is 13.6 Å². The van der Waals surface area contributed by atoms with Gasteiger partial charge in [-0.3, -0.25) is 4.79 Å². The van der Waals surface area contributed by atoms with E-state index in [4.69, 9.17) is 4.74 Å². The monoisotopic (exact) mass is 230 g/mol. The number of hydrogen-bond donors (Lipinski definition) is 1. The molecule has 1 unspecified atom stereocenters. The molecular formula is C11H22N2O3. The summed E-state index contributed by atoms with van der Waals surface area (Å²) in [5, 5.41) is 2.50.